The first-order valence-electron chi connectivity index (χ1n) is 48.8. The van der Waals surface area contributed by atoms with E-state index in [1.165, 1.54) is 414 Å². The number of hydrogen-bond donors (Lipinski definition) is 0. The van der Waals surface area contributed by atoms with Crippen molar-refractivity contribution >= 4 is 0 Å². The molecule has 0 amide bonds. The van der Waals surface area contributed by atoms with Gasteiger partial charge in [0.1, 0.15) is 24.7 Å². The Hall–Kier alpha value is -4.84. The first kappa shape index (κ1) is 105. The minimum absolute atomic E-state index is 0.492. The number of allylic oxidation sites excluding steroid dienone is 2. The first-order chi connectivity index (χ1) is 55.9. The lowest BCUT2D eigenvalue weighted by molar-refractivity contribution is -0.926. The van der Waals surface area contributed by atoms with Gasteiger partial charge in [0.25, 0.3) is 0 Å². The van der Waals surface area contributed by atoms with Crippen molar-refractivity contribution in [2.75, 3.05) is 221 Å². The Morgan fingerprint density at radius 1 is 0.359 bits per heavy atom. The summed E-state index contributed by atoms with van der Waals surface area (Å²) < 4.78 is 11.4. The molecule has 0 bridgehead atoms. The Labute approximate surface area is 728 Å². The van der Waals surface area contributed by atoms with E-state index in [4.69, 9.17) is 6.42 Å². The number of aryl methyl sites for hydroxylation is 1. The van der Waals surface area contributed by atoms with Gasteiger partial charge in [-0.1, -0.05) is 132 Å². The molecule has 10 heterocycles. The topological polar surface area (TPSA) is 0 Å². The van der Waals surface area contributed by atoms with Crippen molar-refractivity contribution in [3.8, 4) is 36.4 Å². The first-order valence-corrected chi connectivity index (χ1v) is 48.8. The van der Waals surface area contributed by atoms with Gasteiger partial charge in [-0.05, 0) is 254 Å². The van der Waals surface area contributed by atoms with Crippen molar-refractivity contribution in [3.63, 3.8) is 0 Å². The Kier molecular flexibility index (Phi) is 50.7. The van der Waals surface area contributed by atoms with Gasteiger partial charge >= 0.3 is 0 Å². The fourth-order valence-corrected chi connectivity index (χ4v) is 19.8. The van der Waals surface area contributed by atoms with Crippen LogP contribution in [0.4, 0.5) is 0 Å². The molecule has 10 saturated heterocycles. The summed E-state index contributed by atoms with van der Waals surface area (Å²) in [6, 6.07) is 42.0. The van der Waals surface area contributed by atoms with Crippen molar-refractivity contribution in [1.29, 1.82) is 0 Å². The molecule has 0 aromatic heterocycles. The normalized spacial score (nSPS) is 22.5. The Morgan fingerprint density at radius 2 is 0.675 bits per heavy atom. The van der Waals surface area contributed by atoms with Gasteiger partial charge in [0.2, 0.25) is 0 Å². The monoisotopic (exact) mass is 1620 g/mol. The predicted molar refractivity (Wildman–Crippen MR) is 512 cm³/mol. The van der Waals surface area contributed by atoms with Crippen LogP contribution in [0.3, 0.4) is 0 Å². The highest BCUT2D eigenvalue weighted by Gasteiger charge is 2.32. The van der Waals surface area contributed by atoms with Gasteiger partial charge in [-0.25, -0.2) is 13.4 Å². The number of terminal acetylenes is 1. The summed E-state index contributed by atoms with van der Waals surface area (Å²) in [7, 11) is 23.2. The van der Waals surface area contributed by atoms with Crippen LogP contribution < -0.4 is 0 Å². The zero-order valence-corrected chi connectivity index (χ0v) is 80.5. The Balaban J connectivity index is 0.000000275. The van der Waals surface area contributed by atoms with E-state index in [0.29, 0.717) is 5.41 Å². The molecular weight excluding hydrogens is 1430 g/mol. The highest BCUT2D eigenvalue weighted by molar-refractivity contribution is 5.16. The average molecular weight is 1620 g/mol. The summed E-state index contributed by atoms with van der Waals surface area (Å²) in [5, 5.41) is 0. The van der Waals surface area contributed by atoms with Crippen LogP contribution in [0, 0.1) is 41.8 Å². The standard InChI is InChI=1S/C15H24N.C14H22N.C13H20N.C11H24N.C10H20N.C10H18N.C9H18N.C9H16N.C8H16N.C8H14N/c1-16(12-6-3-7-13-16)14-8-11-15-9-4-2-5-10-15;1-15(11-6-3-7-12-15)13-10-14-8-4-2-5-9-14;1-14(10-6-3-7-11-14)12-13-8-4-2-5-9-13;1-11(2,3)10-12(4)8-6-5-7-9-12;2*1-3-4-8-11(2)9-6-5-7-10-11;2*1-3-7-10(2)8-5-4-6-9-10;2*1-3-9(2)7-5-4-6-8-9/h2,4-5,9-10H,3,6-8,11-14H2,1H3;2,4-5,8-9H,3,6-7,10-13H2,1H3;2,4-5,8-9H,3,6-7,10-12H2,1H3;5-10H2,1-4H3;4,8H,3,5-7,9-10H2,1-2H3;3,5-7,9-10H2,1-2H3;3,7H,4-6,8-9H2,1-2H3;4-6,8-9H2,1-2H3;3H,1,4-8H2,2H3;1H,4-8H2,2H3/q10*+1/b;;;;8-4+;;7-3+;;;. The molecule has 13 rings (SSSR count). The highest BCUT2D eigenvalue weighted by atomic mass is 15.4. The minimum atomic E-state index is 0.492. The SMILES string of the molecule is C#C[N+]1(C)CCCCC1.C/C=C/[N+]1(C)CCCCC1.C=C[N+]1(C)CCCCC1.CC#C[N+]1(C)CCCCC1.CC(C)(C)C[N+]1(C)CCCCC1.CC/C=C/[N+]1(C)CCCCC1.CCC#C[N+]1(C)CCCCC1.C[N+]1(CCCc2ccccc2)CCCCC1.C[N+]1(CCc2ccccc2)CCCCC1.C[N+]1(Cc2ccccc2)CCCCC1. The zero-order valence-electron chi connectivity index (χ0n) is 80.5. The lowest BCUT2D eigenvalue weighted by atomic mass is 9.93. The van der Waals surface area contributed by atoms with Gasteiger partial charge in [-0.3, -0.25) is 8.97 Å². The molecule has 10 aliphatic rings. The molecule has 0 spiro atoms. The lowest BCUT2D eigenvalue weighted by Gasteiger charge is -2.41. The summed E-state index contributed by atoms with van der Waals surface area (Å²) in [6.07, 6.45) is 64.6. The maximum Gasteiger partial charge on any atom is 0.136 e. The summed E-state index contributed by atoms with van der Waals surface area (Å²) in [5.41, 5.74) is 4.96. The van der Waals surface area contributed by atoms with Crippen molar-refractivity contribution in [3.05, 3.63) is 145 Å². The van der Waals surface area contributed by atoms with Crippen LogP contribution in [-0.4, -0.2) is 266 Å². The molecule has 0 saturated carbocycles. The molecule has 660 valence electrons. The number of nitrogens with zero attached hydrogens (tertiary/aromatic N) is 10. The molecular formula is C107H192N10+10. The van der Waals surface area contributed by atoms with E-state index in [9.17, 15) is 0 Å². The largest absolute Gasteiger partial charge is 0.326 e. The summed E-state index contributed by atoms with van der Waals surface area (Å²) in [4.78, 5) is 0. The highest BCUT2D eigenvalue weighted by Crippen LogP contribution is 2.27. The third kappa shape index (κ3) is 47.4. The van der Waals surface area contributed by atoms with E-state index in [1.54, 1.807) is 0 Å². The summed E-state index contributed by atoms with van der Waals surface area (Å²) >= 11 is 0. The van der Waals surface area contributed by atoms with Crippen molar-refractivity contribution in [2.24, 2.45) is 5.41 Å². The van der Waals surface area contributed by atoms with E-state index in [0.717, 1.165) is 28.8 Å². The molecule has 0 aliphatic carbocycles. The van der Waals surface area contributed by atoms with Crippen LogP contribution in [0.1, 0.15) is 277 Å². The number of likely N-dealkylation sites (N-methyl/N-ethyl adjacent to an activating group) is 1. The molecule has 3 aromatic carbocycles. The van der Waals surface area contributed by atoms with Crippen LogP contribution in [0.5, 0.6) is 0 Å². The maximum atomic E-state index is 5.36. The van der Waals surface area contributed by atoms with E-state index < -0.39 is 0 Å². The van der Waals surface area contributed by atoms with E-state index >= 15 is 0 Å². The second-order valence-corrected chi connectivity index (χ2v) is 41.4. The number of benzene rings is 3. The van der Waals surface area contributed by atoms with Crippen LogP contribution in [0.15, 0.2) is 128 Å². The van der Waals surface area contributed by atoms with Crippen molar-refractivity contribution in [1.82, 2.24) is 0 Å². The molecule has 117 heavy (non-hydrogen) atoms. The van der Waals surface area contributed by atoms with Crippen LogP contribution in [0.2, 0.25) is 0 Å². The van der Waals surface area contributed by atoms with E-state index in [-0.39, 0.29) is 0 Å². The average Bonchev–Trinajstić information content (AvgIpc) is 0.841. The summed E-state index contributed by atoms with van der Waals surface area (Å²) in [5.74, 6) is 6.18. The Morgan fingerprint density at radius 3 is 1.01 bits per heavy atom. The van der Waals surface area contributed by atoms with Gasteiger partial charge < -0.3 is 22.4 Å². The molecule has 10 aliphatic heterocycles. The second kappa shape index (κ2) is 56.8. The number of quaternary nitrogens is 10. The predicted octanol–water partition coefficient (Wildman–Crippen LogP) is 22.8. The van der Waals surface area contributed by atoms with Gasteiger partial charge in [-0.2, -0.15) is 0 Å². The molecule has 10 heteroatoms. The van der Waals surface area contributed by atoms with Gasteiger partial charge in [0.05, 0.1) is 240 Å². The molecule has 0 N–H and O–H groups in total. The van der Waals surface area contributed by atoms with Crippen LogP contribution in [0.25, 0.3) is 0 Å². The van der Waals surface area contributed by atoms with Crippen molar-refractivity contribution in [2.45, 2.75) is 280 Å². The number of rotatable bonds is 14. The van der Waals surface area contributed by atoms with Crippen molar-refractivity contribution < 1.29 is 44.8 Å². The van der Waals surface area contributed by atoms with E-state index in [1.807, 2.05) is 6.92 Å². The maximum absolute atomic E-state index is 5.36. The third-order valence-electron chi connectivity index (χ3n) is 27.4. The van der Waals surface area contributed by atoms with E-state index in [2.05, 4.69) is 270 Å². The lowest BCUT2D eigenvalue weighted by Crippen LogP contribution is -2.52. The second-order valence-electron chi connectivity index (χ2n) is 41.4. The molecule has 0 atom stereocenters. The summed E-state index contributed by atoms with van der Waals surface area (Å²) in [6.45, 7) is 50.8. The third-order valence-corrected chi connectivity index (χ3v) is 27.4. The Bertz CT molecular complexity index is 3220. The number of likely N-dealkylation sites (tertiary alicyclic amines) is 10. The molecule has 0 unspecified atom stereocenters. The molecule has 10 fully saturated rings. The zero-order chi connectivity index (χ0) is 85.6. The van der Waals surface area contributed by atoms with Crippen LogP contribution >= 0.6 is 0 Å². The fourth-order valence-electron chi connectivity index (χ4n) is 19.8. The molecule has 10 nitrogen and oxygen atoms in total. The molecule has 3 aromatic rings. The smallest absolute Gasteiger partial charge is 0.136 e. The fraction of sp³-hybridized carbons (Fsp3) is 0.720. The van der Waals surface area contributed by atoms with Gasteiger partial charge in [0.15, 0.2) is 0 Å². The number of hydrogen-bond acceptors (Lipinski definition) is 0. The molecule has 0 radical (unpaired) electrons. The quantitative estimate of drug-likeness (QED) is 0.111. The minimum Gasteiger partial charge on any atom is -0.326 e. The number of piperidine rings is 10. The van der Waals surface area contributed by atoms with Gasteiger partial charge in [-0.15, -0.1) is 0 Å². The van der Waals surface area contributed by atoms with Crippen LogP contribution in [-0.2, 0) is 19.4 Å². The van der Waals surface area contributed by atoms with Gasteiger partial charge in [0, 0.05) is 37.2 Å².